The number of nitrogens with one attached hydrogen (secondary N) is 1. The Bertz CT molecular complexity index is 317. The van der Waals surface area contributed by atoms with Gasteiger partial charge in [-0.25, -0.2) is 4.79 Å². The van der Waals surface area contributed by atoms with E-state index >= 15 is 0 Å². The highest BCUT2D eigenvalue weighted by atomic mass is 16.5. The first-order chi connectivity index (χ1) is 9.17. The first kappa shape index (κ1) is 14.3. The fourth-order valence-corrected chi connectivity index (χ4v) is 3.03. The zero-order chi connectivity index (χ0) is 13.7. The summed E-state index contributed by atoms with van der Waals surface area (Å²) in [5.41, 5.74) is 0. The van der Waals surface area contributed by atoms with Gasteiger partial charge >= 0.3 is 6.09 Å². The van der Waals surface area contributed by atoms with E-state index in [0.717, 1.165) is 10.7 Å². The summed E-state index contributed by atoms with van der Waals surface area (Å²) in [5, 5.41) is 2.71. The van der Waals surface area contributed by atoms with E-state index in [4.69, 9.17) is 4.74 Å². The molecular formula is C14H25N2O3+. The van der Waals surface area contributed by atoms with Gasteiger partial charge in [0.2, 0.25) is 13.1 Å². The normalized spacial score (nSPS) is 27.7. The fraction of sp³-hybridized carbons (Fsp3) is 0.929. The van der Waals surface area contributed by atoms with Crippen LogP contribution >= 0.6 is 0 Å². The maximum absolute atomic E-state index is 11.5. The van der Waals surface area contributed by atoms with Crippen LogP contribution in [-0.4, -0.2) is 36.6 Å². The van der Waals surface area contributed by atoms with E-state index < -0.39 is 0 Å². The van der Waals surface area contributed by atoms with Crippen LogP contribution in [0.2, 0.25) is 0 Å². The molecule has 1 saturated heterocycles. The number of ether oxygens (including phenoxy) is 1. The molecule has 0 aromatic heterocycles. The molecule has 5 heteroatoms. The maximum atomic E-state index is 11.5. The van der Waals surface area contributed by atoms with Crippen LogP contribution in [0, 0.1) is 16.7 Å². The van der Waals surface area contributed by atoms with Crippen LogP contribution < -0.4 is 5.32 Å². The van der Waals surface area contributed by atoms with E-state index in [1.54, 1.807) is 0 Å². The van der Waals surface area contributed by atoms with Crippen LogP contribution in [0.25, 0.3) is 0 Å². The summed E-state index contributed by atoms with van der Waals surface area (Å²) in [6.45, 7) is 3.54. The quantitative estimate of drug-likeness (QED) is 0.780. The number of carbonyl (C=O) groups is 1. The van der Waals surface area contributed by atoms with Crippen molar-refractivity contribution < 1.29 is 14.3 Å². The van der Waals surface area contributed by atoms with Gasteiger partial charge < -0.3 is 10.1 Å². The Morgan fingerprint density at radius 2 is 1.84 bits per heavy atom. The lowest BCUT2D eigenvalue weighted by atomic mass is 9.80. The number of nitroso groups, excluding NO2 is 1. The fourth-order valence-electron chi connectivity index (χ4n) is 3.03. The first-order valence-corrected chi connectivity index (χ1v) is 7.52. The lowest BCUT2D eigenvalue weighted by Crippen LogP contribution is -2.54. The third-order valence-corrected chi connectivity index (χ3v) is 4.28. The van der Waals surface area contributed by atoms with Gasteiger partial charge in [-0.2, -0.15) is 0 Å². The van der Waals surface area contributed by atoms with Crippen molar-refractivity contribution in [1.29, 1.82) is 0 Å². The van der Waals surface area contributed by atoms with Gasteiger partial charge in [-0.3, -0.25) is 0 Å². The Morgan fingerprint density at radius 1 is 1.21 bits per heavy atom. The van der Waals surface area contributed by atoms with Gasteiger partial charge in [-0.05, 0) is 24.7 Å². The van der Waals surface area contributed by atoms with Crippen LogP contribution in [0.1, 0.15) is 45.4 Å². The summed E-state index contributed by atoms with van der Waals surface area (Å²) < 4.78 is 6.18. The van der Waals surface area contributed by atoms with Gasteiger partial charge in [0.25, 0.3) is 0 Å². The summed E-state index contributed by atoms with van der Waals surface area (Å²) in [6.07, 6.45) is 7.14. The molecule has 1 aliphatic heterocycles. The lowest BCUT2D eigenvalue weighted by Gasteiger charge is -2.28. The van der Waals surface area contributed by atoms with E-state index in [9.17, 15) is 9.70 Å². The number of alkyl carbamates (subject to hydrolysis) is 1. The minimum Gasteiger partial charge on any atom is -0.449 e. The highest BCUT2D eigenvalue weighted by molar-refractivity contribution is 5.67. The minimum atomic E-state index is -0.367. The molecule has 2 rings (SSSR count). The number of nitrogens with zero attached hydrogens (tertiary/aromatic N) is 1. The molecule has 1 aliphatic carbocycles. The van der Waals surface area contributed by atoms with Gasteiger partial charge in [-0.1, -0.05) is 32.6 Å². The van der Waals surface area contributed by atoms with Crippen molar-refractivity contribution in [3.8, 4) is 0 Å². The molecular weight excluding hydrogens is 244 g/mol. The van der Waals surface area contributed by atoms with Gasteiger partial charge in [0.1, 0.15) is 0 Å². The number of carbonyl (C=O) groups excluding carboxylic acids is 1. The topological polar surface area (TPSA) is 58.4 Å². The largest absolute Gasteiger partial charge is 0.449 e. The summed E-state index contributed by atoms with van der Waals surface area (Å²) in [7, 11) is 0. The van der Waals surface area contributed by atoms with E-state index in [2.05, 4.69) is 12.2 Å². The average molecular weight is 269 g/mol. The monoisotopic (exact) mass is 269 g/mol. The van der Waals surface area contributed by atoms with Crippen molar-refractivity contribution in [2.24, 2.45) is 11.8 Å². The van der Waals surface area contributed by atoms with Crippen molar-refractivity contribution >= 4 is 6.09 Å². The van der Waals surface area contributed by atoms with Gasteiger partial charge in [0.15, 0.2) is 6.04 Å². The number of hydrogen-bond donors (Lipinski definition) is 1. The summed E-state index contributed by atoms with van der Waals surface area (Å²) >= 11 is 0. The van der Waals surface area contributed by atoms with Crippen LogP contribution in [0.3, 0.4) is 0 Å². The standard InChI is InChI=1S/C14H24N2O3/c1-2-3-11-4-6-12(7-5-11)10-19-14(17)15-13-8-16(18)9-13/h11-13H,2-10H2,1H3/p+1. The van der Waals surface area contributed by atoms with Crippen LogP contribution in [0.15, 0.2) is 0 Å². The predicted molar refractivity (Wildman–Crippen MR) is 72.0 cm³/mol. The average Bonchev–Trinajstić information content (AvgIpc) is 2.36. The number of rotatable bonds is 5. The number of hydrogen-bond acceptors (Lipinski definition) is 3. The Morgan fingerprint density at radius 3 is 2.42 bits per heavy atom. The molecule has 0 atom stereocenters. The second-order valence-electron chi connectivity index (χ2n) is 5.96. The van der Waals surface area contributed by atoms with Crippen molar-refractivity contribution in [2.45, 2.75) is 51.5 Å². The molecule has 0 radical (unpaired) electrons. The molecule has 1 heterocycles. The molecule has 1 saturated carbocycles. The predicted octanol–water partition coefficient (Wildman–Crippen LogP) is 2.48. The van der Waals surface area contributed by atoms with Gasteiger partial charge in [0.05, 0.1) is 6.61 Å². The number of amides is 1. The molecule has 0 aromatic rings. The third kappa shape index (κ3) is 4.48. The zero-order valence-electron chi connectivity index (χ0n) is 11.8. The summed E-state index contributed by atoms with van der Waals surface area (Å²) in [4.78, 5) is 22.2. The second-order valence-corrected chi connectivity index (χ2v) is 5.96. The van der Waals surface area contributed by atoms with E-state index in [-0.39, 0.29) is 12.1 Å². The molecule has 0 aromatic carbocycles. The molecule has 108 valence electrons. The molecule has 19 heavy (non-hydrogen) atoms. The molecule has 1 amide bonds. The Balaban J connectivity index is 1.56. The van der Waals surface area contributed by atoms with Crippen molar-refractivity contribution in [1.82, 2.24) is 5.32 Å². The van der Waals surface area contributed by atoms with E-state index in [1.807, 2.05) is 0 Å². The highest BCUT2D eigenvalue weighted by Gasteiger charge is 2.36. The van der Waals surface area contributed by atoms with Gasteiger partial charge in [0, 0.05) is 9.67 Å². The van der Waals surface area contributed by atoms with Crippen LogP contribution in [0.4, 0.5) is 4.79 Å². The summed E-state index contributed by atoms with van der Waals surface area (Å²) in [5.74, 6) is 1.41. The SMILES string of the molecule is CCCC1CCC(COC(=O)NC2C[N+](=O)C2)CC1. The molecule has 0 bridgehead atoms. The van der Waals surface area contributed by atoms with Crippen molar-refractivity contribution in [2.75, 3.05) is 19.7 Å². The van der Waals surface area contributed by atoms with Crippen LogP contribution in [0.5, 0.6) is 0 Å². The van der Waals surface area contributed by atoms with Crippen LogP contribution in [-0.2, 0) is 4.74 Å². The molecule has 1 N–H and O–H groups in total. The minimum absolute atomic E-state index is 0.0229. The summed E-state index contributed by atoms with van der Waals surface area (Å²) in [6, 6.07) is -0.0229. The molecule has 0 unspecified atom stereocenters. The molecule has 0 spiro atoms. The van der Waals surface area contributed by atoms with E-state index in [1.165, 1.54) is 38.5 Å². The molecule has 5 nitrogen and oxygen atoms in total. The van der Waals surface area contributed by atoms with E-state index in [0.29, 0.717) is 25.6 Å². The molecule has 2 aliphatic rings. The first-order valence-electron chi connectivity index (χ1n) is 7.52. The Labute approximate surface area is 114 Å². The Kier molecular flexibility index (Phi) is 5.16. The highest BCUT2D eigenvalue weighted by Crippen LogP contribution is 2.31. The molecule has 2 fully saturated rings. The lowest BCUT2D eigenvalue weighted by molar-refractivity contribution is -0.609. The van der Waals surface area contributed by atoms with Crippen molar-refractivity contribution in [3.05, 3.63) is 4.91 Å². The smallest absolute Gasteiger partial charge is 0.407 e. The third-order valence-electron chi connectivity index (χ3n) is 4.28. The Hall–Kier alpha value is -1.13. The van der Waals surface area contributed by atoms with Gasteiger partial charge in [-0.15, -0.1) is 0 Å². The maximum Gasteiger partial charge on any atom is 0.407 e. The van der Waals surface area contributed by atoms with Crippen molar-refractivity contribution in [3.63, 3.8) is 0 Å². The zero-order valence-corrected chi connectivity index (χ0v) is 11.8. The second kappa shape index (κ2) is 6.87.